The molecule has 21 heavy (non-hydrogen) atoms. The van der Waals surface area contributed by atoms with Gasteiger partial charge in [-0.1, -0.05) is 36.4 Å². The highest BCUT2D eigenvalue weighted by molar-refractivity contribution is 5.44. The highest BCUT2D eigenvalue weighted by Crippen LogP contribution is 2.28. The molecule has 112 valence electrons. The molecule has 2 unspecified atom stereocenters. The molecule has 0 bridgehead atoms. The van der Waals surface area contributed by atoms with Crippen LogP contribution in [0.25, 0.3) is 0 Å². The molecule has 0 fully saturated rings. The fraction of sp³-hybridized carbons (Fsp3) is 0.368. The van der Waals surface area contributed by atoms with Crippen molar-refractivity contribution in [3.63, 3.8) is 0 Å². The van der Waals surface area contributed by atoms with Crippen molar-refractivity contribution in [2.24, 2.45) is 0 Å². The van der Waals surface area contributed by atoms with E-state index in [-0.39, 0.29) is 0 Å². The highest BCUT2D eigenvalue weighted by atomic mass is 16.3. The van der Waals surface area contributed by atoms with E-state index in [9.17, 15) is 10.2 Å². The molecule has 0 aliphatic rings. The van der Waals surface area contributed by atoms with E-state index in [1.807, 2.05) is 24.3 Å². The number of hydrogen-bond donors (Lipinski definition) is 2. The Morgan fingerprint density at radius 1 is 0.762 bits per heavy atom. The topological polar surface area (TPSA) is 40.5 Å². The Bertz CT molecular complexity index is 572. The van der Waals surface area contributed by atoms with Crippen LogP contribution in [-0.4, -0.2) is 10.2 Å². The molecular formula is C19H24O2. The number of aliphatic hydroxyl groups is 2. The van der Waals surface area contributed by atoms with Crippen LogP contribution in [-0.2, 0) is 6.42 Å². The van der Waals surface area contributed by atoms with Gasteiger partial charge in [-0.05, 0) is 67.5 Å². The van der Waals surface area contributed by atoms with Gasteiger partial charge in [-0.15, -0.1) is 0 Å². The first-order chi connectivity index (χ1) is 9.91. The summed E-state index contributed by atoms with van der Waals surface area (Å²) in [5.41, 5.74) is 6.60. The van der Waals surface area contributed by atoms with Gasteiger partial charge in [-0.2, -0.15) is 0 Å². The summed E-state index contributed by atoms with van der Waals surface area (Å²) in [5, 5.41) is 20.0. The van der Waals surface area contributed by atoms with E-state index < -0.39 is 12.2 Å². The van der Waals surface area contributed by atoms with Crippen LogP contribution in [0.1, 0.15) is 59.4 Å². The maximum Gasteiger partial charge on any atom is 0.0764 e. The fourth-order valence-corrected chi connectivity index (χ4v) is 2.89. The zero-order valence-corrected chi connectivity index (χ0v) is 13.2. The quantitative estimate of drug-likeness (QED) is 0.891. The molecule has 2 nitrogen and oxygen atoms in total. The molecule has 0 saturated carbocycles. The van der Waals surface area contributed by atoms with Crippen molar-refractivity contribution in [3.05, 3.63) is 69.8 Å². The third kappa shape index (κ3) is 3.34. The van der Waals surface area contributed by atoms with E-state index in [0.717, 1.165) is 28.7 Å². The standard InChI is InChI=1S/C19H24O2/c1-12-7-5-9-16(14(3)20)18(12)11-19-13(2)8-6-10-17(19)15(4)21/h5-10,14-15,20-21H,11H2,1-4H3. The molecule has 2 N–H and O–H groups in total. The van der Waals surface area contributed by atoms with Gasteiger partial charge in [0.15, 0.2) is 0 Å². The van der Waals surface area contributed by atoms with Crippen LogP contribution in [0.5, 0.6) is 0 Å². The van der Waals surface area contributed by atoms with Gasteiger partial charge in [-0.3, -0.25) is 0 Å². The van der Waals surface area contributed by atoms with E-state index in [1.165, 1.54) is 11.1 Å². The summed E-state index contributed by atoms with van der Waals surface area (Å²) in [6.07, 6.45) is -0.238. The second kappa shape index (κ2) is 6.42. The molecule has 0 saturated heterocycles. The van der Waals surface area contributed by atoms with Gasteiger partial charge >= 0.3 is 0 Å². The summed E-state index contributed by atoms with van der Waals surface area (Å²) in [4.78, 5) is 0. The Balaban J connectivity index is 2.53. The minimum Gasteiger partial charge on any atom is -0.389 e. The van der Waals surface area contributed by atoms with Gasteiger partial charge in [-0.25, -0.2) is 0 Å². The molecule has 2 aromatic carbocycles. The Morgan fingerprint density at radius 3 is 1.48 bits per heavy atom. The van der Waals surface area contributed by atoms with Crippen LogP contribution in [0.2, 0.25) is 0 Å². The van der Waals surface area contributed by atoms with Gasteiger partial charge in [0.1, 0.15) is 0 Å². The number of hydrogen-bond acceptors (Lipinski definition) is 2. The number of benzene rings is 2. The summed E-state index contributed by atoms with van der Waals surface area (Å²) in [6, 6.07) is 12.1. The Hall–Kier alpha value is -1.64. The maximum atomic E-state index is 10.0. The molecule has 2 heteroatoms. The van der Waals surface area contributed by atoms with Crippen molar-refractivity contribution in [1.29, 1.82) is 0 Å². The number of aryl methyl sites for hydroxylation is 2. The lowest BCUT2D eigenvalue weighted by Gasteiger charge is -2.19. The molecule has 0 aliphatic heterocycles. The van der Waals surface area contributed by atoms with E-state index >= 15 is 0 Å². The summed E-state index contributed by atoms with van der Waals surface area (Å²) < 4.78 is 0. The SMILES string of the molecule is Cc1cccc(C(C)O)c1Cc1c(C)cccc1C(C)O. The summed E-state index contributed by atoms with van der Waals surface area (Å²) >= 11 is 0. The molecule has 2 atom stereocenters. The second-order valence-electron chi connectivity index (χ2n) is 5.81. The number of rotatable bonds is 4. The monoisotopic (exact) mass is 284 g/mol. The number of aliphatic hydroxyl groups excluding tert-OH is 2. The van der Waals surface area contributed by atoms with Gasteiger partial charge in [0, 0.05) is 0 Å². The lowest BCUT2D eigenvalue weighted by Crippen LogP contribution is -2.07. The average Bonchev–Trinajstić information content (AvgIpc) is 2.42. The van der Waals surface area contributed by atoms with Crippen molar-refractivity contribution in [2.45, 2.75) is 46.3 Å². The molecule has 2 aromatic rings. The summed E-state index contributed by atoms with van der Waals surface area (Å²) in [7, 11) is 0. The maximum absolute atomic E-state index is 10.0. The van der Waals surface area contributed by atoms with Crippen molar-refractivity contribution in [3.8, 4) is 0 Å². The second-order valence-corrected chi connectivity index (χ2v) is 5.81. The summed E-state index contributed by atoms with van der Waals surface area (Å²) in [6.45, 7) is 7.74. The van der Waals surface area contributed by atoms with Crippen LogP contribution in [0, 0.1) is 13.8 Å². The molecule has 0 aliphatic carbocycles. The van der Waals surface area contributed by atoms with Gasteiger partial charge in [0.05, 0.1) is 12.2 Å². The van der Waals surface area contributed by atoms with E-state index in [4.69, 9.17) is 0 Å². The van der Waals surface area contributed by atoms with E-state index in [2.05, 4.69) is 26.0 Å². The molecule has 0 heterocycles. The third-order valence-electron chi connectivity index (χ3n) is 4.15. The Morgan fingerprint density at radius 2 is 1.14 bits per heavy atom. The molecule has 0 radical (unpaired) electrons. The predicted molar refractivity (Wildman–Crippen MR) is 86.4 cm³/mol. The predicted octanol–water partition coefficient (Wildman–Crippen LogP) is 4.00. The largest absolute Gasteiger partial charge is 0.389 e. The molecule has 2 rings (SSSR count). The normalized spacial score (nSPS) is 14.0. The lowest BCUT2D eigenvalue weighted by atomic mass is 9.88. The van der Waals surface area contributed by atoms with Crippen molar-refractivity contribution < 1.29 is 10.2 Å². The highest BCUT2D eigenvalue weighted by Gasteiger charge is 2.15. The van der Waals surface area contributed by atoms with E-state index in [1.54, 1.807) is 13.8 Å². The van der Waals surface area contributed by atoms with Crippen molar-refractivity contribution in [2.75, 3.05) is 0 Å². The molecular weight excluding hydrogens is 260 g/mol. The minimum absolute atomic E-state index is 0.487. The first kappa shape index (κ1) is 15.7. The fourth-order valence-electron chi connectivity index (χ4n) is 2.89. The van der Waals surface area contributed by atoms with Gasteiger partial charge in [0.2, 0.25) is 0 Å². The van der Waals surface area contributed by atoms with Gasteiger partial charge < -0.3 is 10.2 Å². The van der Waals surface area contributed by atoms with Crippen LogP contribution in [0.15, 0.2) is 36.4 Å². The first-order valence-electron chi connectivity index (χ1n) is 7.44. The van der Waals surface area contributed by atoms with Crippen LogP contribution < -0.4 is 0 Å². The van der Waals surface area contributed by atoms with Crippen molar-refractivity contribution in [1.82, 2.24) is 0 Å². The van der Waals surface area contributed by atoms with E-state index in [0.29, 0.717) is 0 Å². The third-order valence-corrected chi connectivity index (χ3v) is 4.15. The van der Waals surface area contributed by atoms with Crippen molar-refractivity contribution >= 4 is 0 Å². The minimum atomic E-state index is -0.487. The van der Waals surface area contributed by atoms with Gasteiger partial charge in [0.25, 0.3) is 0 Å². The smallest absolute Gasteiger partial charge is 0.0764 e. The zero-order chi connectivity index (χ0) is 15.6. The Kier molecular flexibility index (Phi) is 4.81. The molecule has 0 spiro atoms. The summed E-state index contributed by atoms with van der Waals surface area (Å²) in [5.74, 6) is 0. The average molecular weight is 284 g/mol. The van der Waals surface area contributed by atoms with Crippen LogP contribution in [0.3, 0.4) is 0 Å². The van der Waals surface area contributed by atoms with Crippen LogP contribution >= 0.6 is 0 Å². The van der Waals surface area contributed by atoms with Crippen LogP contribution in [0.4, 0.5) is 0 Å². The lowest BCUT2D eigenvalue weighted by molar-refractivity contribution is 0.197. The molecule has 0 aromatic heterocycles. The zero-order valence-electron chi connectivity index (χ0n) is 13.2. The Labute approximate surface area is 127 Å². The molecule has 0 amide bonds. The first-order valence-corrected chi connectivity index (χ1v) is 7.44.